The standard InChI is InChI=1S/C29H33Cl2N3O6/c1-19(35)33-24-14-23(31)26(40-28(36)25-4-3-13-38-25)15-27(24)39-18-29(2,37)17-32-22-9-11-34(12-10-22)16-20-5-7-21(30)8-6-20/h3-8,13-15,22,32,37H,9-12,16-18H2,1-2H3,(H,33,35)/t29-/m0/s1. The van der Waals surface area contributed by atoms with E-state index in [0.717, 1.165) is 37.5 Å². The van der Waals surface area contributed by atoms with Crippen LogP contribution in [-0.4, -0.2) is 59.8 Å². The van der Waals surface area contributed by atoms with Gasteiger partial charge >= 0.3 is 5.97 Å². The van der Waals surface area contributed by atoms with Crippen molar-refractivity contribution in [3.8, 4) is 11.5 Å². The van der Waals surface area contributed by atoms with Crippen molar-refractivity contribution < 1.29 is 28.6 Å². The minimum atomic E-state index is -1.22. The maximum atomic E-state index is 12.3. The number of nitrogens with one attached hydrogen (secondary N) is 2. The zero-order chi connectivity index (χ0) is 28.7. The number of halogens is 2. The molecule has 1 aromatic heterocycles. The number of carbonyl (C=O) groups excluding carboxylic acids is 2. The van der Waals surface area contributed by atoms with Crippen LogP contribution >= 0.6 is 23.2 Å². The molecule has 0 radical (unpaired) electrons. The molecule has 1 aliphatic rings. The van der Waals surface area contributed by atoms with E-state index in [1.165, 1.54) is 36.9 Å². The molecule has 214 valence electrons. The molecule has 0 bridgehead atoms. The highest BCUT2D eigenvalue weighted by atomic mass is 35.5. The number of aliphatic hydroxyl groups is 1. The zero-order valence-electron chi connectivity index (χ0n) is 22.4. The molecule has 9 nitrogen and oxygen atoms in total. The molecule has 3 N–H and O–H groups in total. The Kier molecular flexibility index (Phi) is 10.1. The van der Waals surface area contributed by atoms with Gasteiger partial charge in [-0.15, -0.1) is 0 Å². The van der Waals surface area contributed by atoms with Crippen molar-refractivity contribution in [1.82, 2.24) is 10.2 Å². The van der Waals surface area contributed by atoms with Crippen molar-refractivity contribution in [1.29, 1.82) is 0 Å². The predicted molar refractivity (Wildman–Crippen MR) is 153 cm³/mol. The molecule has 0 spiro atoms. The smallest absolute Gasteiger partial charge is 0.379 e. The van der Waals surface area contributed by atoms with Crippen LogP contribution in [0.4, 0.5) is 5.69 Å². The number of anilines is 1. The van der Waals surface area contributed by atoms with Gasteiger partial charge in [0.2, 0.25) is 11.7 Å². The maximum Gasteiger partial charge on any atom is 0.379 e. The zero-order valence-corrected chi connectivity index (χ0v) is 23.9. The minimum Gasteiger partial charge on any atom is -0.488 e. The minimum absolute atomic E-state index is 0.00860. The number of rotatable bonds is 11. The van der Waals surface area contributed by atoms with E-state index in [1.54, 1.807) is 13.0 Å². The molecule has 0 aliphatic carbocycles. The summed E-state index contributed by atoms with van der Waals surface area (Å²) in [6.07, 6.45) is 3.27. The van der Waals surface area contributed by atoms with Crippen LogP contribution in [0.5, 0.6) is 11.5 Å². The van der Waals surface area contributed by atoms with Gasteiger partial charge in [-0.1, -0.05) is 35.3 Å². The lowest BCUT2D eigenvalue weighted by Crippen LogP contribution is -2.49. The number of furan rings is 1. The van der Waals surface area contributed by atoms with Gasteiger partial charge in [0, 0.05) is 37.1 Å². The van der Waals surface area contributed by atoms with Gasteiger partial charge in [-0.05, 0) is 68.8 Å². The Labute approximate surface area is 243 Å². The van der Waals surface area contributed by atoms with E-state index in [9.17, 15) is 14.7 Å². The number of hydrogen-bond acceptors (Lipinski definition) is 8. The van der Waals surface area contributed by atoms with Gasteiger partial charge in [-0.25, -0.2) is 4.79 Å². The summed E-state index contributed by atoms with van der Waals surface area (Å²) < 4.78 is 16.3. The van der Waals surface area contributed by atoms with Crippen molar-refractivity contribution in [2.75, 3.05) is 31.6 Å². The summed E-state index contributed by atoms with van der Waals surface area (Å²) in [4.78, 5) is 26.5. The fraction of sp³-hybridized carbons (Fsp3) is 0.379. The first-order valence-electron chi connectivity index (χ1n) is 13.0. The summed E-state index contributed by atoms with van der Waals surface area (Å²) in [5, 5.41) is 18.0. The van der Waals surface area contributed by atoms with Gasteiger partial charge in [0.1, 0.15) is 18.0 Å². The van der Waals surface area contributed by atoms with Crippen LogP contribution in [0.25, 0.3) is 0 Å². The average molecular weight is 591 g/mol. The topological polar surface area (TPSA) is 113 Å². The third-order valence-electron chi connectivity index (χ3n) is 6.49. The van der Waals surface area contributed by atoms with E-state index in [2.05, 4.69) is 15.5 Å². The molecule has 0 saturated carbocycles. The predicted octanol–water partition coefficient (Wildman–Crippen LogP) is 5.15. The summed E-state index contributed by atoms with van der Waals surface area (Å²) in [6.45, 7) is 6.01. The Bertz CT molecular complexity index is 1290. The van der Waals surface area contributed by atoms with Crippen LogP contribution in [0.2, 0.25) is 10.0 Å². The molecule has 1 atom stereocenters. The molecule has 1 saturated heterocycles. The van der Waals surface area contributed by atoms with Crippen molar-refractivity contribution in [3.05, 3.63) is 76.2 Å². The Morgan fingerprint density at radius 1 is 1.12 bits per heavy atom. The lowest BCUT2D eigenvalue weighted by atomic mass is 10.0. The second kappa shape index (κ2) is 13.5. The highest BCUT2D eigenvalue weighted by Crippen LogP contribution is 2.37. The lowest BCUT2D eigenvalue weighted by Gasteiger charge is -2.34. The van der Waals surface area contributed by atoms with Crippen molar-refractivity contribution in [2.24, 2.45) is 0 Å². The normalized spacial score (nSPS) is 15.8. The number of nitrogens with zero attached hydrogens (tertiary/aromatic N) is 1. The Morgan fingerprint density at radius 2 is 1.85 bits per heavy atom. The van der Waals surface area contributed by atoms with Gasteiger partial charge in [0.05, 0.1) is 17.0 Å². The second-order valence-corrected chi connectivity index (χ2v) is 11.0. The molecule has 1 aliphatic heterocycles. The summed E-state index contributed by atoms with van der Waals surface area (Å²) in [5.41, 5.74) is 0.293. The fourth-order valence-electron chi connectivity index (χ4n) is 4.36. The van der Waals surface area contributed by atoms with E-state index >= 15 is 0 Å². The second-order valence-electron chi connectivity index (χ2n) is 10.2. The number of amides is 1. The van der Waals surface area contributed by atoms with E-state index in [1.807, 2.05) is 24.3 Å². The first-order chi connectivity index (χ1) is 19.1. The molecule has 1 fully saturated rings. The number of hydrogen-bond donors (Lipinski definition) is 3. The van der Waals surface area contributed by atoms with E-state index < -0.39 is 11.6 Å². The van der Waals surface area contributed by atoms with E-state index in [4.69, 9.17) is 37.1 Å². The molecule has 40 heavy (non-hydrogen) atoms. The number of esters is 1. The van der Waals surface area contributed by atoms with Gasteiger partial charge < -0.3 is 29.6 Å². The summed E-state index contributed by atoms with van der Waals surface area (Å²) in [7, 11) is 0. The van der Waals surface area contributed by atoms with Crippen molar-refractivity contribution in [3.63, 3.8) is 0 Å². The van der Waals surface area contributed by atoms with Crippen LogP contribution in [0.3, 0.4) is 0 Å². The number of ether oxygens (including phenoxy) is 2. The quantitative estimate of drug-likeness (QED) is 0.208. The van der Waals surface area contributed by atoms with Crippen LogP contribution in [0.1, 0.15) is 42.8 Å². The van der Waals surface area contributed by atoms with Crippen molar-refractivity contribution >= 4 is 40.8 Å². The first kappa shape index (κ1) is 29.9. The molecular formula is C29H33Cl2N3O6. The Balaban J connectivity index is 1.31. The number of likely N-dealkylation sites (tertiary alicyclic amines) is 1. The van der Waals surface area contributed by atoms with Crippen LogP contribution in [0, 0.1) is 0 Å². The number of benzene rings is 2. The molecular weight excluding hydrogens is 557 g/mol. The molecule has 2 aromatic carbocycles. The molecule has 1 amide bonds. The SMILES string of the molecule is CC(=O)Nc1cc(Cl)c(OC(=O)c2ccco2)cc1OC[C@@](C)(O)CNC1CCN(Cc2ccc(Cl)cc2)CC1. The summed E-state index contributed by atoms with van der Waals surface area (Å²) in [5.74, 6) is -0.847. The van der Waals surface area contributed by atoms with Crippen LogP contribution < -0.4 is 20.1 Å². The monoisotopic (exact) mass is 589 g/mol. The summed E-state index contributed by atoms with van der Waals surface area (Å²) >= 11 is 12.3. The van der Waals surface area contributed by atoms with Gasteiger partial charge in [-0.2, -0.15) is 0 Å². The molecule has 3 aromatic rings. The maximum absolute atomic E-state index is 12.3. The Hall–Kier alpha value is -3.08. The molecule has 4 rings (SSSR count). The van der Waals surface area contributed by atoms with Crippen LogP contribution in [0.15, 0.2) is 59.2 Å². The lowest BCUT2D eigenvalue weighted by molar-refractivity contribution is -0.114. The molecule has 0 unspecified atom stereocenters. The van der Waals surface area contributed by atoms with Crippen molar-refractivity contribution in [2.45, 2.75) is 44.9 Å². The first-order valence-corrected chi connectivity index (χ1v) is 13.8. The highest BCUT2D eigenvalue weighted by molar-refractivity contribution is 6.32. The number of piperidine rings is 1. The molecule has 11 heteroatoms. The van der Waals surface area contributed by atoms with E-state index in [-0.39, 0.29) is 46.5 Å². The highest BCUT2D eigenvalue weighted by Gasteiger charge is 2.26. The van der Waals surface area contributed by atoms with Gasteiger partial charge in [0.25, 0.3) is 0 Å². The summed E-state index contributed by atoms with van der Waals surface area (Å²) in [6, 6.07) is 14.0. The third-order valence-corrected chi connectivity index (χ3v) is 7.03. The average Bonchev–Trinajstić information content (AvgIpc) is 3.46. The third kappa shape index (κ3) is 8.71. The largest absolute Gasteiger partial charge is 0.488 e. The Morgan fingerprint density at radius 3 is 2.50 bits per heavy atom. The van der Waals surface area contributed by atoms with E-state index in [0.29, 0.717) is 6.54 Å². The number of carbonyl (C=O) groups is 2. The fourth-order valence-corrected chi connectivity index (χ4v) is 4.68. The van der Waals surface area contributed by atoms with Gasteiger partial charge in [-0.3, -0.25) is 9.69 Å². The molecule has 2 heterocycles. The van der Waals surface area contributed by atoms with Gasteiger partial charge in [0.15, 0.2) is 5.75 Å². The van der Waals surface area contributed by atoms with Crippen LogP contribution in [-0.2, 0) is 11.3 Å².